The van der Waals surface area contributed by atoms with Crippen molar-refractivity contribution in [3.63, 3.8) is 0 Å². The predicted octanol–water partition coefficient (Wildman–Crippen LogP) is 7.52. The first-order valence-corrected chi connectivity index (χ1v) is 11.0. The molecule has 0 N–H and O–H groups in total. The van der Waals surface area contributed by atoms with Crippen LogP contribution in [0.5, 0.6) is 0 Å². The average Bonchev–Trinajstić information content (AvgIpc) is 3.26. The van der Waals surface area contributed by atoms with Crippen molar-refractivity contribution in [1.29, 1.82) is 0 Å². The van der Waals surface area contributed by atoms with Crippen LogP contribution in [-0.4, -0.2) is 7.85 Å². The summed E-state index contributed by atoms with van der Waals surface area (Å²) in [5, 5.41) is 2.20. The maximum Gasteiger partial charge on any atom is 0.137 e. The fourth-order valence-corrected chi connectivity index (χ4v) is 4.43. The number of nitrogens with zero attached hydrogens (tertiary/aromatic N) is 1. The fraction of sp³-hybridized carbons (Fsp3) is 0. The Labute approximate surface area is 194 Å². The molecule has 33 heavy (non-hydrogen) atoms. The van der Waals surface area contributed by atoms with Gasteiger partial charge in [0.05, 0.1) is 11.1 Å². The summed E-state index contributed by atoms with van der Waals surface area (Å²) in [6, 6.07) is 41.5. The molecule has 6 rings (SSSR count). The van der Waals surface area contributed by atoms with Crippen molar-refractivity contribution in [3.05, 3.63) is 121 Å². The minimum atomic E-state index is 0.741. The van der Waals surface area contributed by atoms with E-state index in [0.717, 1.165) is 44.5 Å². The lowest BCUT2D eigenvalue weighted by Crippen LogP contribution is -2.11. The van der Waals surface area contributed by atoms with Gasteiger partial charge in [0.25, 0.3) is 0 Å². The Bertz CT molecular complexity index is 1550. The van der Waals surface area contributed by atoms with Crippen molar-refractivity contribution in [2.75, 3.05) is 4.90 Å². The van der Waals surface area contributed by atoms with E-state index in [2.05, 4.69) is 83.8 Å². The fourth-order valence-electron chi connectivity index (χ4n) is 4.43. The van der Waals surface area contributed by atoms with E-state index in [9.17, 15) is 0 Å². The monoisotopic (exact) mass is 421 g/mol. The summed E-state index contributed by atoms with van der Waals surface area (Å²) in [6.45, 7) is 0. The van der Waals surface area contributed by atoms with Gasteiger partial charge >= 0.3 is 0 Å². The first kappa shape index (κ1) is 19.5. The van der Waals surface area contributed by atoms with Crippen LogP contribution < -0.4 is 10.4 Å². The van der Waals surface area contributed by atoms with E-state index in [1.54, 1.807) is 0 Å². The zero-order valence-electron chi connectivity index (χ0n) is 18.0. The summed E-state index contributed by atoms with van der Waals surface area (Å²) >= 11 is 0. The maximum absolute atomic E-state index is 6.16. The molecule has 0 bridgehead atoms. The molecule has 1 aromatic heterocycles. The largest absolute Gasteiger partial charge is 0.456 e. The van der Waals surface area contributed by atoms with Crippen LogP contribution in [0.1, 0.15) is 0 Å². The SMILES string of the molecule is [B]c1ccc(N(c2ccc(-c3ccccc3)cc2)c2cccc3oc4ccccc4c23)cc1. The van der Waals surface area contributed by atoms with Gasteiger partial charge in [0, 0.05) is 16.8 Å². The maximum atomic E-state index is 6.16. The average molecular weight is 421 g/mol. The first-order chi connectivity index (χ1) is 16.3. The van der Waals surface area contributed by atoms with Gasteiger partial charge in [-0.3, -0.25) is 0 Å². The summed E-state index contributed by atoms with van der Waals surface area (Å²) in [5.74, 6) is 0. The lowest BCUT2D eigenvalue weighted by molar-refractivity contribution is 0.669. The molecule has 0 unspecified atom stereocenters. The van der Waals surface area contributed by atoms with E-state index >= 15 is 0 Å². The van der Waals surface area contributed by atoms with Crippen LogP contribution in [0.3, 0.4) is 0 Å². The Kier molecular flexibility index (Phi) is 4.73. The predicted molar refractivity (Wildman–Crippen MR) is 139 cm³/mol. The van der Waals surface area contributed by atoms with Gasteiger partial charge in [-0.05, 0) is 53.6 Å². The smallest absolute Gasteiger partial charge is 0.137 e. The Hall–Kier alpha value is -4.24. The van der Waals surface area contributed by atoms with Gasteiger partial charge in [-0.15, -0.1) is 0 Å². The van der Waals surface area contributed by atoms with Gasteiger partial charge in [0.1, 0.15) is 19.0 Å². The highest BCUT2D eigenvalue weighted by Gasteiger charge is 2.19. The zero-order valence-corrected chi connectivity index (χ0v) is 18.0. The van der Waals surface area contributed by atoms with Gasteiger partial charge in [-0.25, -0.2) is 0 Å². The summed E-state index contributed by atoms with van der Waals surface area (Å²) in [4.78, 5) is 2.26. The molecule has 5 aromatic carbocycles. The standard InChI is InChI=1S/C30H20BNO/c31-23-15-19-25(20-16-23)32(24-17-13-22(14-18-24)21-7-2-1-3-8-21)27-10-6-12-29-30(27)26-9-4-5-11-28(26)33-29/h1-20H. The summed E-state index contributed by atoms with van der Waals surface area (Å²) < 4.78 is 6.16. The van der Waals surface area contributed by atoms with Crippen molar-refractivity contribution in [3.8, 4) is 11.1 Å². The van der Waals surface area contributed by atoms with Crippen LogP contribution in [0.25, 0.3) is 33.1 Å². The molecule has 0 saturated carbocycles. The number of rotatable bonds is 4. The molecule has 0 aliphatic carbocycles. The highest BCUT2D eigenvalue weighted by atomic mass is 16.3. The number of para-hydroxylation sites is 1. The molecular weight excluding hydrogens is 401 g/mol. The number of hydrogen-bond acceptors (Lipinski definition) is 2. The zero-order chi connectivity index (χ0) is 22.2. The van der Waals surface area contributed by atoms with Crippen molar-refractivity contribution in [2.45, 2.75) is 0 Å². The molecule has 0 spiro atoms. The van der Waals surface area contributed by atoms with Gasteiger partial charge in [-0.1, -0.05) is 84.3 Å². The van der Waals surface area contributed by atoms with E-state index in [1.807, 2.05) is 42.5 Å². The molecule has 0 amide bonds. The quantitative estimate of drug-likeness (QED) is 0.274. The number of furan rings is 1. The highest BCUT2D eigenvalue weighted by molar-refractivity contribution is 6.32. The van der Waals surface area contributed by atoms with E-state index in [4.69, 9.17) is 12.3 Å². The topological polar surface area (TPSA) is 16.4 Å². The van der Waals surface area contributed by atoms with Gasteiger partial charge < -0.3 is 9.32 Å². The van der Waals surface area contributed by atoms with Crippen LogP contribution in [0.2, 0.25) is 0 Å². The third-order valence-electron chi connectivity index (χ3n) is 6.01. The molecule has 0 fully saturated rings. The molecule has 3 heteroatoms. The minimum Gasteiger partial charge on any atom is -0.456 e. The second kappa shape index (κ2) is 8.03. The van der Waals surface area contributed by atoms with Crippen LogP contribution in [0, 0.1) is 0 Å². The normalized spacial score (nSPS) is 11.2. The van der Waals surface area contributed by atoms with E-state index in [-0.39, 0.29) is 0 Å². The van der Waals surface area contributed by atoms with Crippen molar-refractivity contribution in [2.24, 2.45) is 0 Å². The van der Waals surface area contributed by atoms with Crippen molar-refractivity contribution in [1.82, 2.24) is 0 Å². The van der Waals surface area contributed by atoms with Crippen LogP contribution in [0.15, 0.2) is 126 Å². The molecule has 6 aromatic rings. The lowest BCUT2D eigenvalue weighted by atomic mass is 9.96. The third kappa shape index (κ3) is 3.48. The van der Waals surface area contributed by atoms with Crippen LogP contribution in [-0.2, 0) is 0 Å². The van der Waals surface area contributed by atoms with Crippen LogP contribution >= 0.6 is 0 Å². The number of benzene rings is 5. The molecule has 0 saturated heterocycles. The van der Waals surface area contributed by atoms with Gasteiger partial charge in [0.2, 0.25) is 0 Å². The first-order valence-electron chi connectivity index (χ1n) is 11.0. The molecule has 154 valence electrons. The number of fused-ring (bicyclic) bond motifs is 3. The minimum absolute atomic E-state index is 0.741. The van der Waals surface area contributed by atoms with Crippen LogP contribution in [0.4, 0.5) is 17.1 Å². The summed E-state index contributed by atoms with van der Waals surface area (Å²) in [5.41, 5.74) is 8.05. The lowest BCUT2D eigenvalue weighted by Gasteiger charge is -2.26. The molecule has 0 aliphatic rings. The van der Waals surface area contributed by atoms with Crippen molar-refractivity contribution >= 4 is 52.3 Å². The second-order valence-electron chi connectivity index (χ2n) is 8.09. The molecule has 0 atom stereocenters. The van der Waals surface area contributed by atoms with E-state index < -0.39 is 0 Å². The second-order valence-corrected chi connectivity index (χ2v) is 8.09. The molecular formula is C30H20BNO. The van der Waals surface area contributed by atoms with Gasteiger partial charge in [0.15, 0.2) is 0 Å². The third-order valence-corrected chi connectivity index (χ3v) is 6.01. The Morgan fingerprint density at radius 1 is 0.515 bits per heavy atom. The molecule has 1 heterocycles. The van der Waals surface area contributed by atoms with E-state index in [1.165, 1.54) is 11.1 Å². The Morgan fingerprint density at radius 3 is 1.88 bits per heavy atom. The van der Waals surface area contributed by atoms with E-state index in [0.29, 0.717) is 0 Å². The molecule has 0 aliphatic heterocycles. The van der Waals surface area contributed by atoms with Gasteiger partial charge in [-0.2, -0.15) is 0 Å². The highest BCUT2D eigenvalue weighted by Crippen LogP contribution is 2.42. The number of anilines is 3. The summed E-state index contributed by atoms with van der Waals surface area (Å²) in [6.07, 6.45) is 0. The van der Waals surface area contributed by atoms with Crippen molar-refractivity contribution < 1.29 is 4.42 Å². The summed E-state index contributed by atoms with van der Waals surface area (Å²) in [7, 11) is 6.00. The number of hydrogen-bond donors (Lipinski definition) is 0. The Balaban J connectivity index is 1.56. The molecule has 2 radical (unpaired) electrons. The Morgan fingerprint density at radius 2 is 1.12 bits per heavy atom. The molecule has 2 nitrogen and oxygen atoms in total.